The van der Waals surface area contributed by atoms with E-state index in [-0.39, 0.29) is 17.4 Å². The maximum atomic E-state index is 11.5. The van der Waals surface area contributed by atoms with Crippen molar-refractivity contribution in [1.82, 2.24) is 0 Å². The maximum absolute atomic E-state index is 11.5. The summed E-state index contributed by atoms with van der Waals surface area (Å²) < 4.78 is 5.85. The molecule has 1 aromatic rings. The highest BCUT2D eigenvalue weighted by molar-refractivity contribution is 5.75. The molecule has 3 nitrogen and oxygen atoms in total. The maximum Gasteiger partial charge on any atom is 0.218 e. The highest BCUT2D eigenvalue weighted by Gasteiger charge is 2.40. The molecule has 2 atom stereocenters. The number of amides is 1. The Morgan fingerprint density at radius 2 is 2.11 bits per heavy atom. The van der Waals surface area contributed by atoms with E-state index < -0.39 is 0 Å². The summed E-state index contributed by atoms with van der Waals surface area (Å²) in [5.74, 6) is 0.226. The van der Waals surface area contributed by atoms with Gasteiger partial charge in [0.2, 0.25) is 5.91 Å². The van der Waals surface area contributed by atoms with Crippen LogP contribution < -0.4 is 5.73 Å². The number of carbonyl (C=O) groups is 1. The van der Waals surface area contributed by atoms with Crippen molar-refractivity contribution in [2.45, 2.75) is 44.6 Å². The van der Waals surface area contributed by atoms with E-state index in [4.69, 9.17) is 10.5 Å². The van der Waals surface area contributed by atoms with Gasteiger partial charge in [-0.2, -0.15) is 0 Å². The van der Waals surface area contributed by atoms with Gasteiger partial charge in [0.25, 0.3) is 0 Å². The molecule has 0 bridgehead atoms. The van der Waals surface area contributed by atoms with E-state index in [0.29, 0.717) is 18.9 Å². The lowest BCUT2D eigenvalue weighted by atomic mass is 9.68. The summed E-state index contributed by atoms with van der Waals surface area (Å²) in [6.45, 7) is 5.02. The molecule has 0 aromatic heterocycles. The molecule has 1 aliphatic rings. The van der Waals surface area contributed by atoms with Crippen molar-refractivity contribution in [3.63, 3.8) is 0 Å². The van der Waals surface area contributed by atoms with Gasteiger partial charge in [0, 0.05) is 18.4 Å². The van der Waals surface area contributed by atoms with Gasteiger partial charge >= 0.3 is 0 Å². The Hall–Kier alpha value is -1.35. The molecular formula is C16H23NO2. The second kappa shape index (κ2) is 5.74. The topological polar surface area (TPSA) is 52.3 Å². The molecule has 0 radical (unpaired) electrons. The third-order valence-electron chi connectivity index (χ3n) is 4.15. The SMILES string of the molecule is CC(C)[C@@H]1C[C@@](CC(N)=O)(c2ccccc2)CCO1. The Kier molecular flexibility index (Phi) is 4.25. The van der Waals surface area contributed by atoms with Gasteiger partial charge in [-0.25, -0.2) is 0 Å². The number of hydrogen-bond acceptors (Lipinski definition) is 2. The van der Waals surface area contributed by atoms with Crippen molar-refractivity contribution in [1.29, 1.82) is 0 Å². The van der Waals surface area contributed by atoms with Crippen molar-refractivity contribution in [2.24, 2.45) is 11.7 Å². The third-order valence-corrected chi connectivity index (χ3v) is 4.15. The standard InChI is InChI=1S/C16H23NO2/c1-12(2)14-10-16(8-9-19-14,11-15(17)18)13-6-4-3-5-7-13/h3-7,12,14H,8-11H2,1-2H3,(H2,17,18)/t14-,16-/m0/s1. The van der Waals surface area contributed by atoms with Gasteiger partial charge < -0.3 is 10.5 Å². The summed E-state index contributed by atoms with van der Waals surface area (Å²) in [5, 5.41) is 0. The number of nitrogens with two attached hydrogens (primary N) is 1. The fourth-order valence-electron chi connectivity index (χ4n) is 3.03. The quantitative estimate of drug-likeness (QED) is 0.905. The Balaban J connectivity index is 2.32. The molecule has 1 fully saturated rings. The molecule has 19 heavy (non-hydrogen) atoms. The Labute approximate surface area is 115 Å². The highest BCUT2D eigenvalue weighted by atomic mass is 16.5. The summed E-state index contributed by atoms with van der Waals surface area (Å²) in [7, 11) is 0. The third kappa shape index (κ3) is 3.16. The Morgan fingerprint density at radius 3 is 2.68 bits per heavy atom. The molecule has 2 rings (SSSR count). The Bertz CT molecular complexity index is 430. The molecule has 0 saturated carbocycles. The van der Waals surface area contributed by atoms with Gasteiger partial charge in [0.1, 0.15) is 0 Å². The summed E-state index contributed by atoms with van der Waals surface area (Å²) in [6.07, 6.45) is 2.35. The monoisotopic (exact) mass is 261 g/mol. The average molecular weight is 261 g/mol. The molecule has 0 aliphatic carbocycles. The molecule has 1 aromatic carbocycles. The molecule has 1 amide bonds. The van der Waals surface area contributed by atoms with Crippen LogP contribution in [0.4, 0.5) is 0 Å². The second-order valence-corrected chi connectivity index (χ2v) is 5.90. The molecule has 3 heteroatoms. The van der Waals surface area contributed by atoms with E-state index in [9.17, 15) is 4.79 Å². The first-order valence-corrected chi connectivity index (χ1v) is 6.99. The van der Waals surface area contributed by atoms with E-state index >= 15 is 0 Å². The van der Waals surface area contributed by atoms with Crippen LogP contribution in [0.5, 0.6) is 0 Å². The highest BCUT2D eigenvalue weighted by Crippen LogP contribution is 2.41. The fourth-order valence-corrected chi connectivity index (χ4v) is 3.03. The normalized spacial score (nSPS) is 27.4. The van der Waals surface area contributed by atoms with Crippen LogP contribution in [0.3, 0.4) is 0 Å². The van der Waals surface area contributed by atoms with Crippen LogP contribution in [0.1, 0.15) is 38.7 Å². The number of carbonyl (C=O) groups excluding carboxylic acids is 1. The molecule has 1 aliphatic heterocycles. The molecule has 1 saturated heterocycles. The van der Waals surface area contributed by atoms with Gasteiger partial charge in [-0.1, -0.05) is 44.2 Å². The van der Waals surface area contributed by atoms with Crippen molar-refractivity contribution in [2.75, 3.05) is 6.61 Å². The molecule has 1 heterocycles. The number of benzene rings is 1. The van der Waals surface area contributed by atoms with Crippen LogP contribution >= 0.6 is 0 Å². The van der Waals surface area contributed by atoms with E-state index in [1.54, 1.807) is 0 Å². The first kappa shape index (κ1) is 14.1. The first-order valence-electron chi connectivity index (χ1n) is 6.99. The Morgan fingerprint density at radius 1 is 1.42 bits per heavy atom. The van der Waals surface area contributed by atoms with Crippen molar-refractivity contribution in [3.05, 3.63) is 35.9 Å². The minimum atomic E-state index is -0.228. The molecule has 0 spiro atoms. The van der Waals surface area contributed by atoms with Crippen LogP contribution in [0.2, 0.25) is 0 Å². The lowest BCUT2D eigenvalue weighted by Gasteiger charge is -2.42. The van der Waals surface area contributed by atoms with E-state index in [2.05, 4.69) is 26.0 Å². The van der Waals surface area contributed by atoms with Gasteiger partial charge in [-0.3, -0.25) is 4.79 Å². The smallest absolute Gasteiger partial charge is 0.218 e. The van der Waals surface area contributed by atoms with Crippen LogP contribution in [0.25, 0.3) is 0 Å². The predicted octanol–water partition coefficient (Wildman–Crippen LogP) is 2.63. The molecule has 2 N–H and O–H groups in total. The van der Waals surface area contributed by atoms with Crippen molar-refractivity contribution < 1.29 is 9.53 Å². The van der Waals surface area contributed by atoms with Crippen LogP contribution in [-0.4, -0.2) is 18.6 Å². The number of hydrogen-bond donors (Lipinski definition) is 1. The van der Waals surface area contributed by atoms with Gasteiger partial charge in [0.05, 0.1) is 6.10 Å². The zero-order valence-corrected chi connectivity index (χ0v) is 11.8. The van der Waals surface area contributed by atoms with E-state index in [1.807, 2.05) is 18.2 Å². The largest absolute Gasteiger partial charge is 0.378 e. The van der Waals surface area contributed by atoms with Gasteiger partial charge in [-0.15, -0.1) is 0 Å². The van der Waals surface area contributed by atoms with Gasteiger partial charge in [-0.05, 0) is 24.3 Å². The summed E-state index contributed by atoms with van der Waals surface area (Å²) in [6, 6.07) is 10.3. The fraction of sp³-hybridized carbons (Fsp3) is 0.562. The van der Waals surface area contributed by atoms with E-state index in [0.717, 1.165) is 12.8 Å². The van der Waals surface area contributed by atoms with Crippen LogP contribution in [0.15, 0.2) is 30.3 Å². The zero-order valence-electron chi connectivity index (χ0n) is 11.8. The summed E-state index contributed by atoms with van der Waals surface area (Å²) in [5.41, 5.74) is 6.55. The lowest BCUT2D eigenvalue weighted by Crippen LogP contribution is -2.43. The van der Waals surface area contributed by atoms with Crippen molar-refractivity contribution >= 4 is 5.91 Å². The molecular weight excluding hydrogens is 238 g/mol. The predicted molar refractivity (Wildman–Crippen MR) is 75.7 cm³/mol. The van der Waals surface area contributed by atoms with Crippen molar-refractivity contribution in [3.8, 4) is 0 Å². The molecule has 104 valence electrons. The molecule has 0 unspecified atom stereocenters. The van der Waals surface area contributed by atoms with Crippen LogP contribution in [-0.2, 0) is 14.9 Å². The first-order chi connectivity index (χ1) is 9.03. The summed E-state index contributed by atoms with van der Waals surface area (Å²) >= 11 is 0. The second-order valence-electron chi connectivity index (χ2n) is 5.90. The zero-order chi connectivity index (χ0) is 13.9. The van der Waals surface area contributed by atoms with Crippen LogP contribution in [0, 0.1) is 5.92 Å². The van der Waals surface area contributed by atoms with E-state index in [1.165, 1.54) is 5.56 Å². The minimum Gasteiger partial charge on any atom is -0.378 e. The summed E-state index contributed by atoms with van der Waals surface area (Å²) in [4.78, 5) is 11.5. The minimum absolute atomic E-state index is 0.152. The number of rotatable bonds is 4. The lowest BCUT2D eigenvalue weighted by molar-refractivity contribution is -0.121. The average Bonchev–Trinajstić information content (AvgIpc) is 2.39. The number of primary amides is 1. The van der Waals surface area contributed by atoms with Gasteiger partial charge in [0.15, 0.2) is 0 Å². The number of ether oxygens (including phenoxy) is 1.